The molecule has 3 nitrogen and oxygen atoms in total. The summed E-state index contributed by atoms with van der Waals surface area (Å²) in [6.07, 6.45) is 5.85. The first kappa shape index (κ1) is 11.2. The maximum absolute atomic E-state index is 4.45. The number of nitrogens with one attached hydrogen (secondary N) is 1. The van der Waals surface area contributed by atoms with Gasteiger partial charge in [-0.15, -0.1) is 0 Å². The van der Waals surface area contributed by atoms with Crippen LogP contribution in [0.15, 0.2) is 18.3 Å². The molecule has 0 aliphatic heterocycles. The van der Waals surface area contributed by atoms with Crippen LogP contribution in [-0.2, 0) is 0 Å². The fraction of sp³-hybridized carbons (Fsp3) is 0.615. The third-order valence-corrected chi connectivity index (χ3v) is 3.23. The van der Waals surface area contributed by atoms with Gasteiger partial charge in [0.2, 0.25) is 0 Å². The summed E-state index contributed by atoms with van der Waals surface area (Å²) in [5, 5.41) is 3.53. The van der Waals surface area contributed by atoms with E-state index in [2.05, 4.69) is 34.3 Å². The summed E-state index contributed by atoms with van der Waals surface area (Å²) in [7, 11) is 4.06. The molecular formula is C13H21N3. The average Bonchev–Trinajstić information content (AvgIpc) is 3.10. The number of hydrogen-bond acceptors (Lipinski definition) is 3. The molecule has 16 heavy (non-hydrogen) atoms. The highest BCUT2D eigenvalue weighted by atomic mass is 15.1. The van der Waals surface area contributed by atoms with Crippen molar-refractivity contribution in [1.82, 2.24) is 4.98 Å². The van der Waals surface area contributed by atoms with Crippen LogP contribution in [0.1, 0.15) is 26.2 Å². The van der Waals surface area contributed by atoms with Crippen molar-refractivity contribution < 1.29 is 0 Å². The molecule has 0 saturated heterocycles. The first-order chi connectivity index (χ1) is 7.70. The summed E-state index contributed by atoms with van der Waals surface area (Å²) in [6, 6.07) is 4.78. The molecule has 1 saturated carbocycles. The van der Waals surface area contributed by atoms with Crippen molar-refractivity contribution in [2.75, 3.05) is 24.3 Å². The standard InChI is InChI=1S/C13H21N3/c1-4-12(10-5-6-10)15-13-8-7-11(9-14-13)16(2)3/h7-10,12H,4-6H2,1-3H3,(H,14,15). The molecule has 0 bridgehead atoms. The van der Waals surface area contributed by atoms with E-state index >= 15 is 0 Å². The average molecular weight is 219 g/mol. The van der Waals surface area contributed by atoms with Gasteiger partial charge in [0.15, 0.2) is 0 Å². The van der Waals surface area contributed by atoms with Gasteiger partial charge in [0.1, 0.15) is 5.82 Å². The highest BCUT2D eigenvalue weighted by Gasteiger charge is 2.29. The number of nitrogens with zero attached hydrogens (tertiary/aromatic N) is 2. The molecule has 1 unspecified atom stereocenters. The van der Waals surface area contributed by atoms with Gasteiger partial charge in [-0.2, -0.15) is 0 Å². The van der Waals surface area contributed by atoms with Crippen LogP contribution in [0.2, 0.25) is 0 Å². The van der Waals surface area contributed by atoms with Crippen LogP contribution in [-0.4, -0.2) is 25.1 Å². The number of pyridine rings is 1. The Labute approximate surface area is 97.9 Å². The minimum atomic E-state index is 0.609. The summed E-state index contributed by atoms with van der Waals surface area (Å²) in [6.45, 7) is 2.24. The fourth-order valence-corrected chi connectivity index (χ4v) is 1.98. The largest absolute Gasteiger partial charge is 0.376 e. The molecule has 0 radical (unpaired) electrons. The Kier molecular flexibility index (Phi) is 3.32. The summed E-state index contributed by atoms with van der Waals surface area (Å²) in [5.41, 5.74) is 1.14. The SMILES string of the molecule is CCC(Nc1ccc(N(C)C)cn1)C1CC1. The van der Waals surface area contributed by atoms with Gasteiger partial charge in [-0.3, -0.25) is 0 Å². The van der Waals surface area contributed by atoms with Crippen molar-refractivity contribution in [2.45, 2.75) is 32.2 Å². The molecule has 1 N–H and O–H groups in total. The van der Waals surface area contributed by atoms with Crippen molar-refractivity contribution in [1.29, 1.82) is 0 Å². The van der Waals surface area contributed by atoms with Crippen molar-refractivity contribution in [3.63, 3.8) is 0 Å². The molecule has 1 fully saturated rings. The van der Waals surface area contributed by atoms with E-state index in [1.54, 1.807) is 0 Å². The fourth-order valence-electron chi connectivity index (χ4n) is 1.98. The van der Waals surface area contributed by atoms with Gasteiger partial charge in [0.05, 0.1) is 11.9 Å². The third kappa shape index (κ3) is 2.65. The van der Waals surface area contributed by atoms with Crippen molar-refractivity contribution in [2.24, 2.45) is 5.92 Å². The third-order valence-electron chi connectivity index (χ3n) is 3.23. The smallest absolute Gasteiger partial charge is 0.126 e. The molecule has 0 spiro atoms. The van der Waals surface area contributed by atoms with Gasteiger partial charge in [-0.1, -0.05) is 6.92 Å². The van der Waals surface area contributed by atoms with E-state index in [0.717, 1.165) is 17.4 Å². The van der Waals surface area contributed by atoms with Gasteiger partial charge in [0, 0.05) is 20.1 Å². The molecule has 2 rings (SSSR count). The van der Waals surface area contributed by atoms with E-state index < -0.39 is 0 Å². The van der Waals surface area contributed by atoms with E-state index in [9.17, 15) is 0 Å². The van der Waals surface area contributed by atoms with Gasteiger partial charge >= 0.3 is 0 Å². The molecule has 1 aromatic rings. The van der Waals surface area contributed by atoms with Crippen LogP contribution in [0.3, 0.4) is 0 Å². The number of aromatic nitrogens is 1. The second-order valence-corrected chi connectivity index (χ2v) is 4.79. The van der Waals surface area contributed by atoms with Crippen molar-refractivity contribution in [3.8, 4) is 0 Å². The Hall–Kier alpha value is -1.25. The minimum Gasteiger partial charge on any atom is -0.376 e. The highest BCUT2D eigenvalue weighted by Crippen LogP contribution is 2.35. The quantitative estimate of drug-likeness (QED) is 0.825. The summed E-state index contributed by atoms with van der Waals surface area (Å²) < 4.78 is 0. The molecule has 1 aromatic heterocycles. The van der Waals surface area contributed by atoms with Gasteiger partial charge in [0.25, 0.3) is 0 Å². The van der Waals surface area contributed by atoms with Crippen molar-refractivity contribution in [3.05, 3.63) is 18.3 Å². The van der Waals surface area contributed by atoms with Crippen LogP contribution in [0.4, 0.5) is 11.5 Å². The lowest BCUT2D eigenvalue weighted by molar-refractivity contribution is 0.614. The van der Waals surface area contributed by atoms with E-state index in [4.69, 9.17) is 0 Å². The van der Waals surface area contributed by atoms with E-state index in [1.807, 2.05) is 20.3 Å². The topological polar surface area (TPSA) is 28.2 Å². The minimum absolute atomic E-state index is 0.609. The Morgan fingerprint density at radius 2 is 2.19 bits per heavy atom. The summed E-state index contributed by atoms with van der Waals surface area (Å²) in [4.78, 5) is 6.51. The molecule has 1 heterocycles. The first-order valence-electron chi connectivity index (χ1n) is 6.10. The molecule has 0 amide bonds. The Balaban J connectivity index is 1.98. The predicted molar refractivity (Wildman–Crippen MR) is 69.0 cm³/mol. The molecule has 88 valence electrons. The lowest BCUT2D eigenvalue weighted by Crippen LogP contribution is -2.21. The van der Waals surface area contributed by atoms with Gasteiger partial charge in [-0.05, 0) is 37.3 Å². The zero-order chi connectivity index (χ0) is 11.5. The predicted octanol–water partition coefficient (Wildman–Crippen LogP) is 2.75. The lowest BCUT2D eigenvalue weighted by atomic mass is 10.1. The van der Waals surface area contributed by atoms with E-state index in [-0.39, 0.29) is 0 Å². The number of hydrogen-bond donors (Lipinski definition) is 1. The molecular weight excluding hydrogens is 198 g/mol. The van der Waals surface area contributed by atoms with Crippen LogP contribution in [0.25, 0.3) is 0 Å². The van der Waals surface area contributed by atoms with Crippen molar-refractivity contribution >= 4 is 11.5 Å². The molecule has 1 aliphatic rings. The van der Waals surface area contributed by atoms with E-state index in [1.165, 1.54) is 19.3 Å². The molecule has 1 aliphatic carbocycles. The number of rotatable bonds is 5. The normalized spacial score (nSPS) is 16.9. The molecule has 3 heteroatoms. The second-order valence-electron chi connectivity index (χ2n) is 4.79. The lowest BCUT2D eigenvalue weighted by Gasteiger charge is -2.18. The maximum Gasteiger partial charge on any atom is 0.126 e. The van der Waals surface area contributed by atoms with Gasteiger partial charge < -0.3 is 10.2 Å². The Morgan fingerprint density at radius 1 is 1.44 bits per heavy atom. The van der Waals surface area contributed by atoms with E-state index in [0.29, 0.717) is 6.04 Å². The van der Waals surface area contributed by atoms with Crippen LogP contribution in [0.5, 0.6) is 0 Å². The highest BCUT2D eigenvalue weighted by molar-refractivity contribution is 5.48. The molecule has 1 atom stereocenters. The van der Waals surface area contributed by atoms with Crippen LogP contribution < -0.4 is 10.2 Å². The zero-order valence-electron chi connectivity index (χ0n) is 10.4. The Morgan fingerprint density at radius 3 is 2.62 bits per heavy atom. The number of anilines is 2. The second kappa shape index (κ2) is 4.73. The zero-order valence-corrected chi connectivity index (χ0v) is 10.4. The monoisotopic (exact) mass is 219 g/mol. The van der Waals surface area contributed by atoms with Crippen LogP contribution >= 0.6 is 0 Å². The van der Waals surface area contributed by atoms with Gasteiger partial charge in [-0.25, -0.2) is 4.98 Å². The Bertz CT molecular complexity index is 328. The maximum atomic E-state index is 4.45. The molecule has 0 aromatic carbocycles. The summed E-state index contributed by atoms with van der Waals surface area (Å²) in [5.74, 6) is 1.88. The first-order valence-corrected chi connectivity index (χ1v) is 6.10. The van der Waals surface area contributed by atoms with Crippen LogP contribution in [0, 0.1) is 5.92 Å². The summed E-state index contributed by atoms with van der Waals surface area (Å²) >= 11 is 0.